The lowest BCUT2D eigenvalue weighted by Gasteiger charge is -2.19. The summed E-state index contributed by atoms with van der Waals surface area (Å²) >= 11 is 0. The first kappa shape index (κ1) is 20.5. The number of hydrazone groups is 1. The van der Waals surface area contributed by atoms with Crippen LogP contribution in [0.4, 0.5) is 11.5 Å². The second-order valence-electron chi connectivity index (χ2n) is 7.58. The molecule has 1 aliphatic carbocycles. The number of nitrogens with zero attached hydrogens (tertiary/aromatic N) is 7. The van der Waals surface area contributed by atoms with Crippen molar-refractivity contribution in [2.75, 3.05) is 17.7 Å². The van der Waals surface area contributed by atoms with Crippen LogP contribution in [0.2, 0.25) is 0 Å². The summed E-state index contributed by atoms with van der Waals surface area (Å²) in [6, 6.07) is 9.75. The molecule has 1 aromatic carbocycles. The molecule has 0 aliphatic heterocycles. The van der Waals surface area contributed by atoms with Gasteiger partial charge in [0.2, 0.25) is 11.6 Å². The summed E-state index contributed by atoms with van der Waals surface area (Å²) in [6.07, 6.45) is 7.67. The SMILES string of the molecule is CN(Cc1c(C(=O)N/N=C/C2CCCCC2)nnn1-c1nonc1N)c1ccccc1. The molecule has 2 aromatic heterocycles. The van der Waals surface area contributed by atoms with Crippen LogP contribution in [-0.2, 0) is 6.54 Å². The first-order valence-electron chi connectivity index (χ1n) is 10.3. The molecule has 4 rings (SSSR count). The van der Waals surface area contributed by atoms with E-state index in [0.29, 0.717) is 18.2 Å². The third-order valence-electron chi connectivity index (χ3n) is 5.36. The summed E-state index contributed by atoms with van der Waals surface area (Å²) in [5, 5.41) is 19.7. The smallest absolute Gasteiger partial charge is 0.293 e. The van der Waals surface area contributed by atoms with Gasteiger partial charge in [-0.05, 0) is 41.2 Å². The van der Waals surface area contributed by atoms with Gasteiger partial charge in [0.1, 0.15) is 0 Å². The first-order valence-corrected chi connectivity index (χ1v) is 10.3. The average Bonchev–Trinajstić information content (AvgIpc) is 3.40. The van der Waals surface area contributed by atoms with E-state index in [9.17, 15) is 4.79 Å². The summed E-state index contributed by atoms with van der Waals surface area (Å²) in [6.45, 7) is 0.318. The van der Waals surface area contributed by atoms with Gasteiger partial charge >= 0.3 is 0 Å². The van der Waals surface area contributed by atoms with Crippen LogP contribution >= 0.6 is 0 Å². The van der Waals surface area contributed by atoms with E-state index in [1.165, 1.54) is 23.9 Å². The van der Waals surface area contributed by atoms with Crippen molar-refractivity contribution in [3.63, 3.8) is 0 Å². The molecule has 1 amide bonds. The number of hydrogen-bond acceptors (Lipinski definition) is 9. The van der Waals surface area contributed by atoms with Crippen molar-refractivity contribution < 1.29 is 9.42 Å². The number of nitrogens with two attached hydrogens (primary N) is 1. The highest BCUT2D eigenvalue weighted by Crippen LogP contribution is 2.22. The van der Waals surface area contributed by atoms with E-state index in [2.05, 4.69) is 31.2 Å². The Balaban J connectivity index is 1.58. The molecule has 1 fully saturated rings. The minimum Gasteiger partial charge on any atom is -0.378 e. The Labute approximate surface area is 179 Å². The summed E-state index contributed by atoms with van der Waals surface area (Å²) in [5.41, 5.74) is 9.99. The van der Waals surface area contributed by atoms with Crippen LogP contribution in [0.3, 0.4) is 0 Å². The molecule has 3 aromatic rings. The van der Waals surface area contributed by atoms with E-state index in [-0.39, 0.29) is 17.3 Å². The minimum absolute atomic E-state index is 0.0517. The van der Waals surface area contributed by atoms with Crippen molar-refractivity contribution in [2.24, 2.45) is 11.0 Å². The van der Waals surface area contributed by atoms with Gasteiger partial charge in [-0.15, -0.1) is 5.10 Å². The maximum Gasteiger partial charge on any atom is 0.293 e. The molecular formula is C20H25N9O2. The molecule has 0 atom stereocenters. The topological polar surface area (TPSA) is 140 Å². The van der Waals surface area contributed by atoms with E-state index in [4.69, 9.17) is 10.4 Å². The van der Waals surface area contributed by atoms with Crippen LogP contribution in [0.25, 0.3) is 5.82 Å². The number of para-hydroxylation sites is 1. The maximum atomic E-state index is 12.8. The number of carbonyl (C=O) groups is 1. The van der Waals surface area contributed by atoms with E-state index in [1.54, 1.807) is 0 Å². The molecule has 31 heavy (non-hydrogen) atoms. The lowest BCUT2D eigenvalue weighted by molar-refractivity contribution is 0.0949. The molecule has 0 radical (unpaired) electrons. The molecule has 1 aliphatic rings. The normalized spacial score (nSPS) is 14.7. The van der Waals surface area contributed by atoms with Crippen molar-refractivity contribution in [1.29, 1.82) is 0 Å². The number of amides is 1. The molecule has 162 valence electrons. The molecule has 1 saturated carbocycles. The number of benzene rings is 1. The standard InChI is InChI=1S/C20H25N9O2/c1-28(15-10-6-3-7-11-15)13-16-17(23-27-29(16)19-18(21)25-31-26-19)20(30)24-22-12-14-8-4-2-5-9-14/h3,6-7,10-12,14H,2,4-5,8-9,13H2,1H3,(H2,21,25)(H,24,30)/b22-12+. The van der Waals surface area contributed by atoms with Gasteiger partial charge in [0.25, 0.3) is 5.91 Å². The van der Waals surface area contributed by atoms with Crippen molar-refractivity contribution in [3.05, 3.63) is 41.7 Å². The lowest BCUT2D eigenvalue weighted by atomic mass is 9.90. The van der Waals surface area contributed by atoms with E-state index in [0.717, 1.165) is 18.5 Å². The van der Waals surface area contributed by atoms with Crippen LogP contribution in [0.1, 0.15) is 48.3 Å². The average molecular weight is 423 g/mol. The first-order chi connectivity index (χ1) is 15.1. The predicted molar refractivity (Wildman–Crippen MR) is 115 cm³/mol. The Morgan fingerprint density at radius 2 is 2.06 bits per heavy atom. The van der Waals surface area contributed by atoms with E-state index >= 15 is 0 Å². The quantitative estimate of drug-likeness (QED) is 0.435. The third kappa shape index (κ3) is 4.71. The zero-order valence-corrected chi connectivity index (χ0v) is 17.3. The fourth-order valence-electron chi connectivity index (χ4n) is 3.66. The van der Waals surface area contributed by atoms with Crippen molar-refractivity contribution in [1.82, 2.24) is 30.7 Å². The highest BCUT2D eigenvalue weighted by Gasteiger charge is 2.25. The molecule has 0 saturated heterocycles. The van der Waals surface area contributed by atoms with Gasteiger partial charge < -0.3 is 10.6 Å². The van der Waals surface area contributed by atoms with E-state index < -0.39 is 5.91 Å². The largest absolute Gasteiger partial charge is 0.378 e. The second kappa shape index (κ2) is 9.37. The monoisotopic (exact) mass is 423 g/mol. The van der Waals surface area contributed by atoms with Crippen LogP contribution < -0.4 is 16.1 Å². The molecule has 3 N–H and O–H groups in total. The van der Waals surface area contributed by atoms with Gasteiger partial charge in [-0.3, -0.25) is 4.79 Å². The van der Waals surface area contributed by atoms with Crippen molar-refractivity contribution >= 4 is 23.6 Å². The van der Waals surface area contributed by atoms with Crippen LogP contribution in [0.15, 0.2) is 40.1 Å². The zero-order chi connectivity index (χ0) is 21.6. The van der Waals surface area contributed by atoms with Gasteiger partial charge in [-0.2, -0.15) is 9.78 Å². The number of hydrogen-bond donors (Lipinski definition) is 2. The van der Waals surface area contributed by atoms with Gasteiger partial charge in [0.05, 0.1) is 12.2 Å². The number of aromatic nitrogens is 5. The number of carbonyl (C=O) groups excluding carboxylic acids is 1. The van der Waals surface area contributed by atoms with Gasteiger partial charge in [-0.25, -0.2) is 10.1 Å². The van der Waals surface area contributed by atoms with Crippen LogP contribution in [0.5, 0.6) is 0 Å². The number of nitrogen functional groups attached to an aromatic ring is 1. The fraction of sp³-hybridized carbons (Fsp3) is 0.400. The third-order valence-corrected chi connectivity index (χ3v) is 5.36. The Hall–Kier alpha value is -3.76. The number of nitrogens with one attached hydrogen (secondary N) is 1. The van der Waals surface area contributed by atoms with Gasteiger partial charge in [-0.1, -0.05) is 42.7 Å². The highest BCUT2D eigenvalue weighted by molar-refractivity contribution is 5.93. The van der Waals surface area contributed by atoms with Gasteiger partial charge in [0.15, 0.2) is 5.69 Å². The molecule has 2 heterocycles. The maximum absolute atomic E-state index is 12.8. The number of anilines is 2. The molecular weight excluding hydrogens is 398 g/mol. The Morgan fingerprint density at radius 1 is 1.29 bits per heavy atom. The summed E-state index contributed by atoms with van der Waals surface area (Å²) in [4.78, 5) is 14.8. The second-order valence-corrected chi connectivity index (χ2v) is 7.58. The van der Waals surface area contributed by atoms with Gasteiger partial charge in [0, 0.05) is 18.9 Å². The zero-order valence-electron chi connectivity index (χ0n) is 17.3. The lowest BCUT2D eigenvalue weighted by Crippen LogP contribution is -2.25. The van der Waals surface area contributed by atoms with Crippen LogP contribution in [-0.4, -0.2) is 44.5 Å². The summed E-state index contributed by atoms with van der Waals surface area (Å²) in [7, 11) is 1.90. The fourth-order valence-corrected chi connectivity index (χ4v) is 3.66. The Kier molecular flexibility index (Phi) is 6.20. The summed E-state index contributed by atoms with van der Waals surface area (Å²) in [5.74, 6) is 0.170. The Bertz CT molecular complexity index is 1040. The molecule has 11 nitrogen and oxygen atoms in total. The molecule has 11 heteroatoms. The van der Waals surface area contributed by atoms with Crippen molar-refractivity contribution in [2.45, 2.75) is 38.6 Å². The van der Waals surface area contributed by atoms with Crippen molar-refractivity contribution in [3.8, 4) is 5.82 Å². The van der Waals surface area contributed by atoms with Crippen LogP contribution in [0, 0.1) is 5.92 Å². The minimum atomic E-state index is -0.454. The molecule has 0 unspecified atom stereocenters. The molecule has 0 bridgehead atoms. The molecule has 0 spiro atoms. The highest BCUT2D eigenvalue weighted by atomic mass is 16.6. The van der Waals surface area contributed by atoms with E-state index in [1.807, 2.05) is 48.5 Å². The number of rotatable bonds is 7. The summed E-state index contributed by atoms with van der Waals surface area (Å²) < 4.78 is 6.06. The Morgan fingerprint density at radius 3 is 2.77 bits per heavy atom. The predicted octanol–water partition coefficient (Wildman–Crippen LogP) is 2.16.